The Bertz CT molecular complexity index is 419. The minimum Gasteiger partial charge on any atom is -0.399 e. The first-order valence-electron chi connectivity index (χ1n) is 6.29. The van der Waals surface area contributed by atoms with Crippen LogP contribution in [0.4, 0.5) is 5.69 Å². The summed E-state index contributed by atoms with van der Waals surface area (Å²) in [5, 5.41) is 2.99. The minimum absolute atomic E-state index is 0.0646. The second kappa shape index (κ2) is 6.24. The summed E-state index contributed by atoms with van der Waals surface area (Å²) in [6, 6.07) is 7.41. The first-order valence-corrected chi connectivity index (χ1v) is 6.29. The van der Waals surface area contributed by atoms with Gasteiger partial charge in [-0.1, -0.05) is 25.5 Å². The van der Waals surface area contributed by atoms with E-state index in [0.717, 1.165) is 24.1 Å². The van der Waals surface area contributed by atoms with Gasteiger partial charge in [0.05, 0.1) is 0 Å². The van der Waals surface area contributed by atoms with Crippen molar-refractivity contribution in [2.24, 2.45) is 0 Å². The molecule has 0 aliphatic carbocycles. The smallest absolute Gasteiger partial charge is 0.244 e. The van der Waals surface area contributed by atoms with Crippen LogP contribution in [0.1, 0.15) is 39.2 Å². The fraction of sp³-hybridized carbons (Fsp3) is 0.400. The van der Waals surface area contributed by atoms with Crippen molar-refractivity contribution >= 4 is 17.7 Å². The van der Waals surface area contributed by atoms with Crippen LogP contribution in [0, 0.1) is 0 Å². The summed E-state index contributed by atoms with van der Waals surface area (Å²) in [6.07, 6.45) is 5.36. The van der Waals surface area contributed by atoms with Crippen LogP contribution in [0.15, 0.2) is 30.3 Å². The van der Waals surface area contributed by atoms with Crippen molar-refractivity contribution in [2.75, 3.05) is 5.73 Å². The standard InChI is InChI=1S/C15H22N2O/c1-4-11-15(2,3)17-14(18)10-7-12-5-8-13(16)9-6-12/h5-10H,4,11,16H2,1-3H3,(H,17,18)/b10-7+. The van der Waals surface area contributed by atoms with E-state index >= 15 is 0 Å². The van der Waals surface area contributed by atoms with E-state index in [1.54, 1.807) is 12.2 Å². The molecule has 98 valence electrons. The van der Waals surface area contributed by atoms with Crippen LogP contribution in [0.3, 0.4) is 0 Å². The molecule has 3 nitrogen and oxygen atoms in total. The number of amides is 1. The van der Waals surface area contributed by atoms with Crippen molar-refractivity contribution in [3.05, 3.63) is 35.9 Å². The summed E-state index contributed by atoms with van der Waals surface area (Å²) < 4.78 is 0. The van der Waals surface area contributed by atoms with Crippen molar-refractivity contribution in [3.63, 3.8) is 0 Å². The van der Waals surface area contributed by atoms with Crippen LogP contribution < -0.4 is 11.1 Å². The van der Waals surface area contributed by atoms with Crippen molar-refractivity contribution in [1.29, 1.82) is 0 Å². The third-order valence-corrected chi connectivity index (χ3v) is 2.70. The van der Waals surface area contributed by atoms with Crippen molar-refractivity contribution < 1.29 is 4.79 Å². The summed E-state index contributed by atoms with van der Waals surface area (Å²) in [6.45, 7) is 6.18. The van der Waals surface area contributed by atoms with Gasteiger partial charge in [-0.15, -0.1) is 0 Å². The quantitative estimate of drug-likeness (QED) is 0.620. The summed E-state index contributed by atoms with van der Waals surface area (Å²) in [5.74, 6) is -0.0646. The molecule has 0 heterocycles. The number of hydrogen-bond donors (Lipinski definition) is 2. The summed E-state index contributed by atoms with van der Waals surface area (Å²) in [5.41, 5.74) is 7.13. The van der Waals surface area contributed by atoms with E-state index in [4.69, 9.17) is 5.73 Å². The van der Waals surface area contributed by atoms with E-state index < -0.39 is 0 Å². The van der Waals surface area contributed by atoms with Crippen molar-refractivity contribution in [3.8, 4) is 0 Å². The Balaban J connectivity index is 2.57. The molecule has 1 amide bonds. The third-order valence-electron chi connectivity index (χ3n) is 2.70. The van der Waals surface area contributed by atoms with Gasteiger partial charge in [-0.2, -0.15) is 0 Å². The second-order valence-electron chi connectivity index (χ2n) is 5.12. The molecule has 0 atom stereocenters. The highest BCUT2D eigenvalue weighted by Crippen LogP contribution is 2.11. The molecule has 18 heavy (non-hydrogen) atoms. The molecular formula is C15H22N2O. The van der Waals surface area contributed by atoms with Crippen LogP contribution in [0.2, 0.25) is 0 Å². The molecule has 0 radical (unpaired) electrons. The summed E-state index contributed by atoms with van der Waals surface area (Å²) in [4.78, 5) is 11.8. The number of rotatable bonds is 5. The molecule has 1 aromatic carbocycles. The predicted molar refractivity (Wildman–Crippen MR) is 77.0 cm³/mol. The molecule has 0 spiro atoms. The van der Waals surface area contributed by atoms with Gasteiger partial charge in [0.2, 0.25) is 5.91 Å². The highest BCUT2D eigenvalue weighted by Gasteiger charge is 2.17. The first-order chi connectivity index (χ1) is 8.43. The van der Waals surface area contributed by atoms with Gasteiger partial charge in [0, 0.05) is 17.3 Å². The highest BCUT2D eigenvalue weighted by molar-refractivity contribution is 5.92. The van der Waals surface area contributed by atoms with E-state index in [-0.39, 0.29) is 11.4 Å². The maximum Gasteiger partial charge on any atom is 0.244 e. The molecule has 3 heteroatoms. The van der Waals surface area contributed by atoms with E-state index in [2.05, 4.69) is 12.2 Å². The zero-order valence-corrected chi connectivity index (χ0v) is 11.4. The van der Waals surface area contributed by atoms with Gasteiger partial charge >= 0.3 is 0 Å². The van der Waals surface area contributed by atoms with Crippen LogP contribution in [0.25, 0.3) is 6.08 Å². The Kier molecular flexibility index (Phi) is 4.95. The lowest BCUT2D eigenvalue weighted by molar-refractivity contribution is -0.118. The van der Waals surface area contributed by atoms with E-state index in [1.165, 1.54) is 0 Å². The Morgan fingerprint density at radius 1 is 1.33 bits per heavy atom. The number of anilines is 1. The van der Waals surface area contributed by atoms with Crippen molar-refractivity contribution in [1.82, 2.24) is 5.32 Å². The van der Waals surface area contributed by atoms with Gasteiger partial charge in [-0.25, -0.2) is 0 Å². The molecule has 0 aliphatic rings. The van der Waals surface area contributed by atoms with Gasteiger partial charge in [0.15, 0.2) is 0 Å². The number of nitrogens with two attached hydrogens (primary N) is 1. The Morgan fingerprint density at radius 3 is 2.50 bits per heavy atom. The average Bonchev–Trinajstić information content (AvgIpc) is 2.27. The number of nitrogen functional groups attached to an aromatic ring is 1. The lowest BCUT2D eigenvalue weighted by Crippen LogP contribution is -2.42. The fourth-order valence-corrected chi connectivity index (χ4v) is 1.84. The molecule has 0 bridgehead atoms. The van der Waals surface area contributed by atoms with Crippen LogP contribution >= 0.6 is 0 Å². The minimum atomic E-state index is -0.155. The lowest BCUT2D eigenvalue weighted by atomic mass is 9.99. The second-order valence-corrected chi connectivity index (χ2v) is 5.12. The maximum atomic E-state index is 11.8. The van der Waals surface area contributed by atoms with E-state index in [1.807, 2.05) is 38.1 Å². The Labute approximate surface area is 109 Å². The van der Waals surface area contributed by atoms with Crippen molar-refractivity contribution in [2.45, 2.75) is 39.2 Å². The third kappa shape index (κ3) is 5.04. The van der Waals surface area contributed by atoms with Crippen LogP contribution in [-0.2, 0) is 4.79 Å². The van der Waals surface area contributed by atoms with Gasteiger partial charge < -0.3 is 11.1 Å². The summed E-state index contributed by atoms with van der Waals surface area (Å²) >= 11 is 0. The molecule has 0 saturated carbocycles. The number of carbonyl (C=O) groups is 1. The molecule has 0 unspecified atom stereocenters. The SMILES string of the molecule is CCCC(C)(C)NC(=O)/C=C/c1ccc(N)cc1. The molecule has 0 fully saturated rings. The Morgan fingerprint density at radius 2 is 1.94 bits per heavy atom. The Hall–Kier alpha value is -1.77. The number of hydrogen-bond acceptors (Lipinski definition) is 2. The van der Waals surface area contributed by atoms with E-state index in [9.17, 15) is 4.79 Å². The maximum absolute atomic E-state index is 11.8. The van der Waals surface area contributed by atoms with Crippen LogP contribution in [-0.4, -0.2) is 11.4 Å². The van der Waals surface area contributed by atoms with Gasteiger partial charge in [-0.3, -0.25) is 4.79 Å². The van der Waals surface area contributed by atoms with E-state index in [0.29, 0.717) is 0 Å². The summed E-state index contributed by atoms with van der Waals surface area (Å²) in [7, 11) is 0. The molecule has 3 N–H and O–H groups in total. The lowest BCUT2D eigenvalue weighted by Gasteiger charge is -2.24. The highest BCUT2D eigenvalue weighted by atomic mass is 16.1. The normalized spacial score (nSPS) is 11.7. The van der Waals surface area contributed by atoms with Gasteiger partial charge in [0.25, 0.3) is 0 Å². The number of nitrogens with one attached hydrogen (secondary N) is 1. The molecule has 0 saturated heterocycles. The molecular weight excluding hydrogens is 224 g/mol. The molecule has 1 rings (SSSR count). The predicted octanol–water partition coefficient (Wildman–Crippen LogP) is 2.98. The molecule has 0 aromatic heterocycles. The topological polar surface area (TPSA) is 55.1 Å². The zero-order chi connectivity index (χ0) is 13.6. The van der Waals surface area contributed by atoms with Gasteiger partial charge in [0.1, 0.15) is 0 Å². The fourth-order valence-electron chi connectivity index (χ4n) is 1.84. The van der Waals surface area contributed by atoms with Gasteiger partial charge in [-0.05, 0) is 44.0 Å². The zero-order valence-electron chi connectivity index (χ0n) is 11.4. The monoisotopic (exact) mass is 246 g/mol. The number of carbonyl (C=O) groups excluding carboxylic acids is 1. The largest absolute Gasteiger partial charge is 0.399 e. The first kappa shape index (κ1) is 14.3. The average molecular weight is 246 g/mol. The molecule has 1 aromatic rings. The molecule has 0 aliphatic heterocycles. The van der Waals surface area contributed by atoms with Crippen LogP contribution in [0.5, 0.6) is 0 Å². The number of benzene rings is 1.